The van der Waals surface area contributed by atoms with E-state index in [1.165, 1.54) is 0 Å². The number of hydrogen-bond acceptors (Lipinski definition) is 4. The smallest absolute Gasteiger partial charge is 0.321 e. The second kappa shape index (κ2) is 9.81. The molecule has 0 unspecified atom stereocenters. The Balaban J connectivity index is 1.55. The summed E-state index contributed by atoms with van der Waals surface area (Å²) in [6.45, 7) is 8.60. The van der Waals surface area contributed by atoms with Crippen LogP contribution in [-0.4, -0.2) is 35.7 Å². The van der Waals surface area contributed by atoms with Crippen molar-refractivity contribution in [3.63, 3.8) is 0 Å². The van der Waals surface area contributed by atoms with Crippen LogP contribution in [0.15, 0.2) is 66.7 Å². The lowest BCUT2D eigenvalue weighted by molar-refractivity contribution is -0.154. The van der Waals surface area contributed by atoms with Crippen LogP contribution in [0.4, 0.5) is 10.5 Å². The summed E-state index contributed by atoms with van der Waals surface area (Å²) in [5, 5.41) is 6.23. The number of urea groups is 1. The Morgan fingerprint density at radius 1 is 1.11 bits per heavy atom. The molecular formula is C30H33N3O4. The molecule has 5 rings (SSSR count). The van der Waals surface area contributed by atoms with Gasteiger partial charge in [0.2, 0.25) is 5.91 Å². The van der Waals surface area contributed by atoms with Gasteiger partial charge in [-0.15, -0.1) is 0 Å². The van der Waals surface area contributed by atoms with Gasteiger partial charge in [-0.05, 0) is 57.4 Å². The van der Waals surface area contributed by atoms with Gasteiger partial charge >= 0.3 is 6.03 Å². The molecule has 3 amide bonds. The van der Waals surface area contributed by atoms with E-state index in [4.69, 9.17) is 9.47 Å². The van der Waals surface area contributed by atoms with Crippen LogP contribution < -0.4 is 20.1 Å². The minimum atomic E-state index is -1.23. The predicted octanol–water partition coefficient (Wildman–Crippen LogP) is 5.37. The second-order valence-corrected chi connectivity index (χ2v) is 9.86. The van der Waals surface area contributed by atoms with E-state index in [2.05, 4.69) is 10.6 Å². The van der Waals surface area contributed by atoms with Crippen LogP contribution in [-0.2, 0) is 11.2 Å². The van der Waals surface area contributed by atoms with Crippen LogP contribution in [0.25, 0.3) is 0 Å². The van der Waals surface area contributed by atoms with E-state index in [0.29, 0.717) is 31.1 Å². The highest BCUT2D eigenvalue weighted by Crippen LogP contribution is 2.51. The number of nitrogens with zero attached hydrogens (tertiary/aromatic N) is 1. The molecule has 3 aromatic carbocycles. The number of nitrogens with one attached hydrogen (secondary N) is 2. The van der Waals surface area contributed by atoms with E-state index >= 15 is 0 Å². The molecule has 2 aliphatic rings. The molecule has 0 radical (unpaired) electrons. The Morgan fingerprint density at radius 2 is 1.89 bits per heavy atom. The molecule has 2 aliphatic heterocycles. The van der Waals surface area contributed by atoms with Crippen molar-refractivity contribution in [3.8, 4) is 11.5 Å². The van der Waals surface area contributed by atoms with Gasteiger partial charge in [0, 0.05) is 17.8 Å². The van der Waals surface area contributed by atoms with Crippen molar-refractivity contribution in [2.45, 2.75) is 45.9 Å². The first-order valence-corrected chi connectivity index (χ1v) is 12.8. The molecule has 0 aliphatic carbocycles. The lowest BCUT2D eigenvalue weighted by Crippen LogP contribution is -2.72. The molecule has 0 aromatic heterocycles. The molecule has 0 spiro atoms. The highest BCUT2D eigenvalue weighted by Gasteiger charge is 2.60. The first-order valence-electron chi connectivity index (χ1n) is 12.8. The zero-order valence-electron chi connectivity index (χ0n) is 21.7. The van der Waals surface area contributed by atoms with E-state index in [9.17, 15) is 9.59 Å². The molecule has 37 heavy (non-hydrogen) atoms. The Bertz CT molecular complexity index is 1330. The molecule has 192 valence electrons. The van der Waals surface area contributed by atoms with Crippen molar-refractivity contribution >= 4 is 17.6 Å². The van der Waals surface area contributed by atoms with Gasteiger partial charge in [0.25, 0.3) is 0 Å². The van der Waals surface area contributed by atoms with Crippen molar-refractivity contribution in [1.29, 1.82) is 0 Å². The molecule has 2 N–H and O–H groups in total. The summed E-state index contributed by atoms with van der Waals surface area (Å²) < 4.78 is 12.5. The highest BCUT2D eigenvalue weighted by atomic mass is 16.5. The molecular weight excluding hydrogens is 466 g/mol. The van der Waals surface area contributed by atoms with Gasteiger partial charge < -0.3 is 20.1 Å². The molecule has 1 fully saturated rings. The molecule has 0 saturated carbocycles. The fourth-order valence-corrected chi connectivity index (χ4v) is 5.48. The number of aryl methyl sites for hydroxylation is 2. The quantitative estimate of drug-likeness (QED) is 0.458. The van der Waals surface area contributed by atoms with Gasteiger partial charge in [-0.2, -0.15) is 0 Å². The molecule has 3 atom stereocenters. The van der Waals surface area contributed by atoms with E-state index in [1.807, 2.05) is 94.4 Å². The largest absolute Gasteiger partial charge is 0.490 e. The number of carbonyl (C=O) groups excluding carboxylic acids is 2. The van der Waals surface area contributed by atoms with E-state index < -0.39 is 17.7 Å². The first-order chi connectivity index (χ1) is 17.8. The van der Waals surface area contributed by atoms with Crippen molar-refractivity contribution in [3.05, 3.63) is 89.0 Å². The third-order valence-corrected chi connectivity index (χ3v) is 7.31. The van der Waals surface area contributed by atoms with Crippen LogP contribution in [0.1, 0.15) is 42.1 Å². The zero-order valence-corrected chi connectivity index (χ0v) is 21.7. The zero-order chi connectivity index (χ0) is 26.2. The van der Waals surface area contributed by atoms with Gasteiger partial charge in [-0.25, -0.2) is 4.79 Å². The lowest BCUT2D eigenvalue weighted by atomic mass is 9.78. The average molecular weight is 500 g/mol. The average Bonchev–Trinajstić information content (AvgIpc) is 2.86. The number of fused-ring (bicyclic) bond motifs is 4. The SMILES string of the molecule is CCOc1cccc2c1O[C@@]1(C)[C@H](C(=O)Nc3ccc(C)cc3C)[C@H]2NC(=O)N1CCc1ccccc1. The van der Waals surface area contributed by atoms with Gasteiger partial charge in [0.05, 0.1) is 12.6 Å². The summed E-state index contributed by atoms with van der Waals surface area (Å²) in [7, 11) is 0. The van der Waals surface area contributed by atoms with Crippen LogP contribution in [0, 0.1) is 19.8 Å². The van der Waals surface area contributed by atoms with Crippen LogP contribution in [0.3, 0.4) is 0 Å². The van der Waals surface area contributed by atoms with Crippen molar-refractivity contribution in [2.75, 3.05) is 18.5 Å². The van der Waals surface area contributed by atoms with Crippen molar-refractivity contribution in [1.82, 2.24) is 10.2 Å². The number of hydrogen-bond donors (Lipinski definition) is 2. The number of benzene rings is 3. The molecule has 2 heterocycles. The summed E-state index contributed by atoms with van der Waals surface area (Å²) in [5.74, 6) is 0.253. The Kier molecular flexibility index (Phi) is 6.54. The summed E-state index contributed by atoms with van der Waals surface area (Å²) in [6, 6.07) is 20.7. The van der Waals surface area contributed by atoms with Gasteiger partial charge in [0.1, 0.15) is 5.92 Å². The van der Waals surface area contributed by atoms with Crippen molar-refractivity contribution < 1.29 is 19.1 Å². The predicted molar refractivity (Wildman–Crippen MR) is 143 cm³/mol. The summed E-state index contributed by atoms with van der Waals surface area (Å²) in [5.41, 5.74) is 3.45. The standard InChI is InChI=1S/C30H33N3O4/c1-5-36-24-13-9-12-22-26-25(28(34)31-23-15-14-19(2)18-20(23)3)30(4,37-27(22)24)33(29(35)32-26)17-16-21-10-7-6-8-11-21/h6-15,18,25-26H,5,16-17H2,1-4H3,(H,31,34)(H,32,35)/t25-,26-,30-/m0/s1. The summed E-state index contributed by atoms with van der Waals surface area (Å²) in [4.78, 5) is 29.1. The fraction of sp³-hybridized carbons (Fsp3) is 0.333. The topological polar surface area (TPSA) is 79.9 Å². The molecule has 7 nitrogen and oxygen atoms in total. The van der Waals surface area contributed by atoms with Gasteiger partial charge in [-0.3, -0.25) is 9.69 Å². The molecule has 7 heteroatoms. The van der Waals surface area contributed by atoms with Gasteiger partial charge in [-0.1, -0.05) is 60.2 Å². The van der Waals surface area contributed by atoms with Crippen molar-refractivity contribution in [2.24, 2.45) is 5.92 Å². The lowest BCUT2D eigenvalue weighted by Gasteiger charge is -2.54. The number of ether oxygens (including phenoxy) is 2. The molecule has 1 saturated heterocycles. The normalized spacial score (nSPS) is 21.9. The summed E-state index contributed by atoms with van der Waals surface area (Å²) >= 11 is 0. The van der Waals surface area contributed by atoms with Gasteiger partial charge in [0.15, 0.2) is 17.2 Å². The Labute approximate surface area is 217 Å². The van der Waals surface area contributed by atoms with Crippen LogP contribution in [0.5, 0.6) is 11.5 Å². The number of anilines is 1. The Hall–Kier alpha value is -4.00. The number of carbonyl (C=O) groups is 2. The number of rotatable bonds is 7. The molecule has 2 bridgehead atoms. The number of amides is 3. The third kappa shape index (κ3) is 4.50. The van der Waals surface area contributed by atoms with Crippen LogP contribution in [0.2, 0.25) is 0 Å². The Morgan fingerprint density at radius 3 is 2.62 bits per heavy atom. The minimum Gasteiger partial charge on any atom is -0.490 e. The minimum absolute atomic E-state index is 0.211. The van der Waals surface area contributed by atoms with Crippen LogP contribution >= 0.6 is 0 Å². The molecule has 3 aromatic rings. The maximum atomic E-state index is 14.0. The van der Waals surface area contributed by atoms with E-state index in [1.54, 1.807) is 4.90 Å². The maximum Gasteiger partial charge on any atom is 0.321 e. The maximum absolute atomic E-state index is 14.0. The third-order valence-electron chi connectivity index (χ3n) is 7.31. The van der Waals surface area contributed by atoms with E-state index in [0.717, 1.165) is 27.9 Å². The number of para-hydroxylation sites is 1. The first kappa shape index (κ1) is 24.7. The summed E-state index contributed by atoms with van der Waals surface area (Å²) in [6.07, 6.45) is 0.628. The highest BCUT2D eigenvalue weighted by molar-refractivity contribution is 5.96. The fourth-order valence-electron chi connectivity index (χ4n) is 5.48. The van der Waals surface area contributed by atoms with E-state index in [-0.39, 0.29) is 11.9 Å². The monoisotopic (exact) mass is 499 g/mol. The second-order valence-electron chi connectivity index (χ2n) is 9.86.